The summed E-state index contributed by atoms with van der Waals surface area (Å²) in [5, 5.41) is 10.1. The first kappa shape index (κ1) is 24.7. The summed E-state index contributed by atoms with van der Waals surface area (Å²) in [4.78, 5) is 16.2. The van der Waals surface area contributed by atoms with Crippen LogP contribution in [-0.2, 0) is 11.2 Å². The third-order valence-corrected chi connectivity index (χ3v) is 7.81. The summed E-state index contributed by atoms with van der Waals surface area (Å²) in [5.41, 5.74) is 6.13. The lowest BCUT2D eigenvalue weighted by atomic mass is 9.96. The third kappa shape index (κ3) is 5.52. The smallest absolute Gasteiger partial charge is 0.231 e. The largest absolute Gasteiger partial charge is 0.486 e. The highest BCUT2D eigenvalue weighted by Crippen LogP contribution is 2.41. The Labute approximate surface area is 216 Å². The molecule has 1 saturated heterocycles. The first-order valence-corrected chi connectivity index (χ1v) is 13.3. The van der Waals surface area contributed by atoms with Crippen LogP contribution in [0.25, 0.3) is 11.1 Å². The maximum Gasteiger partial charge on any atom is 0.231 e. The van der Waals surface area contributed by atoms with Crippen molar-refractivity contribution in [3.05, 3.63) is 77.0 Å². The molecule has 188 valence electrons. The van der Waals surface area contributed by atoms with Crippen molar-refractivity contribution in [3.63, 3.8) is 0 Å². The van der Waals surface area contributed by atoms with Crippen molar-refractivity contribution >= 4 is 17.9 Å². The van der Waals surface area contributed by atoms with E-state index in [4.69, 9.17) is 9.47 Å². The predicted octanol–water partition coefficient (Wildman–Crippen LogP) is 5.87. The molecule has 2 aliphatic rings. The van der Waals surface area contributed by atoms with Crippen LogP contribution >= 0.6 is 11.9 Å². The number of amides is 1. The fourth-order valence-corrected chi connectivity index (χ4v) is 5.68. The highest BCUT2D eigenvalue weighted by Gasteiger charge is 2.28. The minimum atomic E-state index is -0.757. The first-order valence-electron chi connectivity index (χ1n) is 12.4. The average molecular weight is 505 g/mol. The molecule has 2 unspecified atom stereocenters. The summed E-state index contributed by atoms with van der Waals surface area (Å²) in [7, 11) is 0. The van der Waals surface area contributed by atoms with Crippen LogP contribution in [0.3, 0.4) is 0 Å². The van der Waals surface area contributed by atoms with Crippen LogP contribution < -0.4 is 14.2 Å². The van der Waals surface area contributed by atoms with Gasteiger partial charge in [0.05, 0.1) is 17.5 Å². The Kier molecular flexibility index (Phi) is 6.95. The summed E-state index contributed by atoms with van der Waals surface area (Å²) in [6, 6.07) is 18.5. The van der Waals surface area contributed by atoms with Crippen molar-refractivity contribution in [3.8, 4) is 22.8 Å². The maximum atomic E-state index is 11.5. The maximum absolute atomic E-state index is 11.5. The minimum Gasteiger partial charge on any atom is -0.486 e. The zero-order valence-electron chi connectivity index (χ0n) is 20.9. The van der Waals surface area contributed by atoms with Gasteiger partial charge in [-0.25, -0.2) is 4.98 Å². The van der Waals surface area contributed by atoms with Crippen molar-refractivity contribution in [1.29, 1.82) is 0 Å². The van der Waals surface area contributed by atoms with Crippen LogP contribution in [0.15, 0.2) is 54.6 Å². The van der Waals surface area contributed by atoms with Crippen molar-refractivity contribution < 1.29 is 19.4 Å². The Morgan fingerprint density at radius 2 is 1.92 bits per heavy atom. The van der Waals surface area contributed by atoms with Crippen molar-refractivity contribution in [1.82, 2.24) is 9.71 Å². The van der Waals surface area contributed by atoms with E-state index < -0.39 is 5.60 Å². The Morgan fingerprint density at radius 1 is 1.11 bits per heavy atom. The molecule has 1 amide bonds. The lowest BCUT2D eigenvalue weighted by Crippen LogP contribution is -2.22. The molecule has 0 spiro atoms. The minimum absolute atomic E-state index is 0.00704. The van der Waals surface area contributed by atoms with E-state index in [1.165, 1.54) is 28.6 Å². The van der Waals surface area contributed by atoms with Gasteiger partial charge in [-0.15, -0.1) is 0 Å². The van der Waals surface area contributed by atoms with Gasteiger partial charge in [-0.3, -0.25) is 9.52 Å². The van der Waals surface area contributed by atoms with E-state index in [1.807, 2.05) is 25.1 Å². The first-order chi connectivity index (χ1) is 17.3. The molecule has 2 aromatic carbocycles. The highest BCUT2D eigenvalue weighted by atomic mass is 32.2. The molecule has 2 heterocycles. The number of hydrogen-bond acceptors (Lipinski definition) is 6. The second-order valence-corrected chi connectivity index (χ2v) is 11.1. The fourth-order valence-electron chi connectivity index (χ4n) is 4.80. The van der Waals surface area contributed by atoms with Crippen LogP contribution in [0, 0.1) is 6.92 Å². The second-order valence-electron chi connectivity index (χ2n) is 10.1. The van der Waals surface area contributed by atoms with Crippen LogP contribution in [0.2, 0.25) is 0 Å². The normalized spacial score (nSPS) is 19.2. The molecule has 36 heavy (non-hydrogen) atoms. The number of nitrogens with zero attached hydrogens (tertiary/aromatic N) is 1. The Balaban J connectivity index is 1.29. The number of benzene rings is 2. The third-order valence-electron chi connectivity index (χ3n) is 6.75. The van der Waals surface area contributed by atoms with E-state index >= 15 is 0 Å². The highest BCUT2D eigenvalue weighted by molar-refractivity contribution is 7.98. The van der Waals surface area contributed by atoms with Crippen LogP contribution in [-0.4, -0.2) is 28.2 Å². The summed E-state index contributed by atoms with van der Waals surface area (Å²) >= 11 is 1.48. The molecular weight excluding hydrogens is 472 g/mol. The van der Waals surface area contributed by atoms with Gasteiger partial charge in [0, 0.05) is 30.2 Å². The number of carbonyl (C=O) groups excluding carboxylic acids is 1. The fraction of sp³-hybridized carbons (Fsp3) is 0.379. The topological polar surface area (TPSA) is 80.7 Å². The number of ether oxygens (including phenoxy) is 2. The Bertz CT molecular complexity index is 1250. The van der Waals surface area contributed by atoms with Gasteiger partial charge >= 0.3 is 0 Å². The standard InChI is InChI=1S/C29H32N2O4S/c1-18-21(12-14-28(30-18)34-16-15-29(2,3)33)22-5-4-6-24-23(22)11-13-25(24)35-20-9-7-19(8-10-20)26-17-27(32)31-36-26/h4-10,12,14,25-26,33H,11,13,15-17H2,1-3H3,(H,31,32). The molecule has 2 N–H and O–H groups in total. The summed E-state index contributed by atoms with van der Waals surface area (Å²) in [6.45, 7) is 5.98. The van der Waals surface area contributed by atoms with Gasteiger partial charge in [-0.2, -0.15) is 0 Å². The number of aliphatic hydroxyl groups is 1. The van der Waals surface area contributed by atoms with E-state index in [9.17, 15) is 9.90 Å². The number of rotatable bonds is 8. The van der Waals surface area contributed by atoms with E-state index in [0.717, 1.165) is 35.4 Å². The molecule has 1 aliphatic carbocycles. The number of hydrogen-bond donors (Lipinski definition) is 2. The number of fused-ring (bicyclic) bond motifs is 1. The number of nitrogens with one attached hydrogen (secondary N) is 1. The molecule has 0 bridgehead atoms. The van der Waals surface area contributed by atoms with Crippen molar-refractivity contribution in [2.75, 3.05) is 6.61 Å². The molecule has 6 nitrogen and oxygen atoms in total. The van der Waals surface area contributed by atoms with Gasteiger partial charge in [0.1, 0.15) is 11.9 Å². The molecule has 5 rings (SSSR count). The summed E-state index contributed by atoms with van der Waals surface area (Å²) in [6.07, 6.45) is 2.95. The summed E-state index contributed by atoms with van der Waals surface area (Å²) < 4.78 is 15.0. The Hall–Kier alpha value is -3.03. The van der Waals surface area contributed by atoms with Gasteiger partial charge in [-0.05, 0) is 86.0 Å². The lowest BCUT2D eigenvalue weighted by Gasteiger charge is -2.18. The quantitative estimate of drug-likeness (QED) is 0.373. The zero-order chi connectivity index (χ0) is 25.3. The van der Waals surface area contributed by atoms with E-state index in [2.05, 4.69) is 46.1 Å². The molecule has 0 saturated carbocycles. The molecule has 3 aromatic rings. The average Bonchev–Trinajstić information content (AvgIpc) is 3.45. The zero-order valence-corrected chi connectivity index (χ0v) is 21.7. The van der Waals surface area contributed by atoms with Crippen molar-refractivity contribution in [2.45, 2.75) is 63.4 Å². The number of pyridine rings is 1. The monoisotopic (exact) mass is 504 g/mol. The van der Waals surface area contributed by atoms with Gasteiger partial charge < -0.3 is 14.6 Å². The van der Waals surface area contributed by atoms with Gasteiger partial charge in [0.2, 0.25) is 11.8 Å². The van der Waals surface area contributed by atoms with E-state index in [-0.39, 0.29) is 17.3 Å². The van der Waals surface area contributed by atoms with E-state index in [0.29, 0.717) is 25.3 Å². The predicted molar refractivity (Wildman–Crippen MR) is 142 cm³/mol. The van der Waals surface area contributed by atoms with Gasteiger partial charge in [-0.1, -0.05) is 30.3 Å². The van der Waals surface area contributed by atoms with Crippen LogP contribution in [0.1, 0.15) is 66.8 Å². The molecule has 1 aliphatic heterocycles. The molecule has 7 heteroatoms. The second kappa shape index (κ2) is 10.1. The molecule has 1 fully saturated rings. The summed E-state index contributed by atoms with van der Waals surface area (Å²) in [5.74, 6) is 1.51. The van der Waals surface area contributed by atoms with E-state index in [1.54, 1.807) is 13.8 Å². The molecule has 1 aromatic heterocycles. The molecular formula is C29H32N2O4S. The number of aromatic nitrogens is 1. The van der Waals surface area contributed by atoms with Crippen LogP contribution in [0.5, 0.6) is 11.6 Å². The molecule has 0 radical (unpaired) electrons. The van der Waals surface area contributed by atoms with Gasteiger partial charge in [0.25, 0.3) is 0 Å². The molecule has 2 atom stereocenters. The SMILES string of the molecule is Cc1nc(OCCC(C)(C)O)ccc1-c1cccc2c1CCC2Oc1ccc(C2CC(=O)NS2)cc1. The lowest BCUT2D eigenvalue weighted by molar-refractivity contribution is -0.118. The Morgan fingerprint density at radius 3 is 2.61 bits per heavy atom. The number of carbonyl (C=O) groups is 1. The van der Waals surface area contributed by atoms with Crippen LogP contribution in [0.4, 0.5) is 0 Å². The van der Waals surface area contributed by atoms with Crippen molar-refractivity contribution in [2.24, 2.45) is 0 Å². The number of aryl methyl sites for hydroxylation is 1. The van der Waals surface area contributed by atoms with Gasteiger partial charge in [0.15, 0.2) is 0 Å².